The number of carbonyl (C=O) groups excluding carboxylic acids is 2. The van der Waals surface area contributed by atoms with Crippen molar-refractivity contribution in [1.29, 1.82) is 0 Å². The van der Waals surface area contributed by atoms with Crippen LogP contribution < -0.4 is 10.6 Å². The van der Waals surface area contributed by atoms with Crippen molar-refractivity contribution in [2.75, 3.05) is 10.6 Å². The third kappa shape index (κ3) is 3.07. The number of anilines is 2. The van der Waals surface area contributed by atoms with Crippen LogP contribution in [-0.4, -0.2) is 11.8 Å². The largest absolute Gasteiger partial charge is 0.320 e. The van der Waals surface area contributed by atoms with Gasteiger partial charge < -0.3 is 10.6 Å². The molecule has 1 aliphatic carbocycles. The Labute approximate surface area is 139 Å². The van der Waals surface area contributed by atoms with Gasteiger partial charge in [-0.25, -0.2) is 17.6 Å². The first-order valence-corrected chi connectivity index (χ1v) is 7.36. The molecule has 3 rings (SSSR count). The van der Waals surface area contributed by atoms with E-state index in [4.69, 9.17) is 0 Å². The second-order valence-electron chi connectivity index (χ2n) is 5.68. The van der Waals surface area contributed by atoms with Crippen molar-refractivity contribution >= 4 is 23.2 Å². The van der Waals surface area contributed by atoms with Crippen LogP contribution in [0.4, 0.5) is 28.9 Å². The lowest BCUT2D eigenvalue weighted by molar-refractivity contribution is -0.131. The molecule has 1 aliphatic rings. The highest BCUT2D eigenvalue weighted by molar-refractivity contribution is 6.17. The molecular weight excluding hydrogens is 340 g/mol. The van der Waals surface area contributed by atoms with Gasteiger partial charge in [0, 0.05) is 0 Å². The van der Waals surface area contributed by atoms with Crippen LogP contribution in [-0.2, 0) is 9.59 Å². The van der Waals surface area contributed by atoms with Crippen LogP contribution in [0.25, 0.3) is 0 Å². The summed E-state index contributed by atoms with van der Waals surface area (Å²) in [5.74, 6) is -5.86. The molecule has 0 unspecified atom stereocenters. The first-order valence-electron chi connectivity index (χ1n) is 7.36. The van der Waals surface area contributed by atoms with E-state index in [2.05, 4.69) is 0 Å². The highest BCUT2D eigenvalue weighted by Gasteiger charge is 2.57. The molecule has 0 heterocycles. The Bertz CT molecular complexity index is 758. The maximum Gasteiger partial charge on any atom is 0.240 e. The van der Waals surface area contributed by atoms with E-state index in [9.17, 15) is 27.2 Å². The minimum Gasteiger partial charge on any atom is -0.320 e. The van der Waals surface area contributed by atoms with Gasteiger partial charge in [0.05, 0.1) is 0 Å². The molecule has 0 saturated heterocycles. The van der Waals surface area contributed by atoms with Gasteiger partial charge in [0.2, 0.25) is 11.8 Å². The van der Waals surface area contributed by atoms with Gasteiger partial charge in [0.15, 0.2) is 0 Å². The van der Waals surface area contributed by atoms with E-state index in [1.54, 1.807) is 0 Å². The van der Waals surface area contributed by atoms with Gasteiger partial charge in [-0.15, -0.1) is 0 Å². The average molecular weight is 352 g/mol. The average Bonchev–Trinajstić information content (AvgIpc) is 3.36. The first-order chi connectivity index (χ1) is 11.8. The molecule has 8 heteroatoms. The molecule has 2 aromatic rings. The van der Waals surface area contributed by atoms with E-state index < -0.39 is 51.9 Å². The third-order valence-electron chi connectivity index (χ3n) is 4.02. The lowest BCUT2D eigenvalue weighted by Crippen LogP contribution is -2.36. The number of carbonyl (C=O) groups is 2. The van der Waals surface area contributed by atoms with E-state index >= 15 is 0 Å². The van der Waals surface area contributed by atoms with E-state index in [1.165, 1.54) is 0 Å². The van der Waals surface area contributed by atoms with Crippen molar-refractivity contribution in [3.05, 3.63) is 59.7 Å². The van der Waals surface area contributed by atoms with Gasteiger partial charge in [-0.1, -0.05) is 12.1 Å². The Morgan fingerprint density at radius 2 is 1.04 bits per heavy atom. The molecule has 0 aliphatic heterocycles. The SMILES string of the molecule is O=C(Nc1c(F)cccc1F)C1(C(=O)Nc2c(F)cccc2F)CC1. The van der Waals surface area contributed by atoms with Crippen LogP contribution in [0.1, 0.15) is 12.8 Å². The summed E-state index contributed by atoms with van der Waals surface area (Å²) in [6.07, 6.45) is 0.188. The van der Waals surface area contributed by atoms with Crippen LogP contribution in [0.3, 0.4) is 0 Å². The van der Waals surface area contributed by atoms with E-state index in [-0.39, 0.29) is 12.8 Å². The summed E-state index contributed by atoms with van der Waals surface area (Å²) in [4.78, 5) is 24.6. The van der Waals surface area contributed by atoms with Gasteiger partial charge in [-0.05, 0) is 37.1 Å². The molecule has 25 heavy (non-hydrogen) atoms. The number of para-hydroxylation sites is 2. The van der Waals surface area contributed by atoms with Gasteiger partial charge >= 0.3 is 0 Å². The Balaban J connectivity index is 1.80. The number of benzene rings is 2. The van der Waals surface area contributed by atoms with E-state index in [0.29, 0.717) is 0 Å². The molecule has 4 nitrogen and oxygen atoms in total. The summed E-state index contributed by atoms with van der Waals surface area (Å²) in [6, 6.07) is 6.06. The number of hydrogen-bond acceptors (Lipinski definition) is 2. The zero-order chi connectivity index (χ0) is 18.2. The Kier molecular flexibility index (Phi) is 4.20. The van der Waals surface area contributed by atoms with Gasteiger partial charge in [0.25, 0.3) is 0 Å². The van der Waals surface area contributed by atoms with Crippen LogP contribution in [0, 0.1) is 28.7 Å². The Hall–Kier alpha value is -2.90. The molecule has 0 atom stereocenters. The van der Waals surface area contributed by atoms with Crippen molar-refractivity contribution in [3.8, 4) is 0 Å². The number of amides is 2. The van der Waals surface area contributed by atoms with Crippen LogP contribution in [0.2, 0.25) is 0 Å². The molecule has 130 valence electrons. The molecule has 2 N–H and O–H groups in total. The van der Waals surface area contributed by atoms with Gasteiger partial charge in [0.1, 0.15) is 40.1 Å². The molecule has 2 amide bonds. The van der Waals surface area contributed by atoms with E-state index in [1.807, 2.05) is 10.6 Å². The fourth-order valence-corrected chi connectivity index (χ4v) is 2.38. The smallest absolute Gasteiger partial charge is 0.240 e. The predicted octanol–water partition coefficient (Wildman–Crippen LogP) is 3.60. The number of nitrogens with one attached hydrogen (secondary N) is 2. The Morgan fingerprint density at radius 3 is 1.32 bits per heavy atom. The van der Waals surface area contributed by atoms with Crippen LogP contribution >= 0.6 is 0 Å². The summed E-state index contributed by atoms with van der Waals surface area (Å²) < 4.78 is 54.5. The third-order valence-corrected chi connectivity index (χ3v) is 4.02. The fourth-order valence-electron chi connectivity index (χ4n) is 2.38. The molecule has 0 radical (unpaired) electrons. The number of halogens is 4. The summed E-state index contributed by atoms with van der Waals surface area (Å²) in [6.45, 7) is 0. The minimum atomic E-state index is -1.62. The standard InChI is InChI=1S/C17H12F4N2O2/c18-9-3-1-4-10(19)13(9)22-15(24)17(7-8-17)16(25)23-14-11(20)5-2-6-12(14)21/h1-6H,7-8H2,(H,22,24)(H,23,25). The second kappa shape index (κ2) is 6.19. The second-order valence-corrected chi connectivity index (χ2v) is 5.68. The monoisotopic (exact) mass is 352 g/mol. The zero-order valence-corrected chi connectivity index (χ0v) is 12.7. The molecular formula is C17H12F4N2O2. The molecule has 0 spiro atoms. The normalized spacial score (nSPS) is 14.7. The summed E-state index contributed by atoms with van der Waals surface area (Å²) >= 11 is 0. The van der Waals surface area contributed by atoms with Crippen molar-refractivity contribution in [1.82, 2.24) is 0 Å². The quantitative estimate of drug-likeness (QED) is 0.653. The predicted molar refractivity (Wildman–Crippen MR) is 81.6 cm³/mol. The molecule has 0 bridgehead atoms. The van der Waals surface area contributed by atoms with E-state index in [0.717, 1.165) is 36.4 Å². The van der Waals surface area contributed by atoms with Gasteiger partial charge in [-0.2, -0.15) is 0 Å². The topological polar surface area (TPSA) is 58.2 Å². The lowest BCUT2D eigenvalue weighted by atomic mass is 10.0. The molecule has 2 aromatic carbocycles. The summed E-state index contributed by atoms with van der Waals surface area (Å²) in [7, 11) is 0. The number of rotatable bonds is 4. The maximum absolute atomic E-state index is 13.6. The maximum atomic E-state index is 13.6. The summed E-state index contributed by atoms with van der Waals surface area (Å²) in [5.41, 5.74) is -2.98. The highest BCUT2D eigenvalue weighted by atomic mass is 19.1. The van der Waals surface area contributed by atoms with Crippen molar-refractivity contribution in [2.45, 2.75) is 12.8 Å². The first kappa shape index (κ1) is 16.9. The number of hydrogen-bond donors (Lipinski definition) is 2. The Morgan fingerprint density at radius 1 is 0.720 bits per heavy atom. The van der Waals surface area contributed by atoms with Gasteiger partial charge in [-0.3, -0.25) is 9.59 Å². The fraction of sp³-hybridized carbons (Fsp3) is 0.176. The van der Waals surface area contributed by atoms with Crippen LogP contribution in [0.15, 0.2) is 36.4 Å². The molecule has 0 aromatic heterocycles. The minimum absolute atomic E-state index is 0.0941. The molecule has 1 fully saturated rings. The van der Waals surface area contributed by atoms with Crippen molar-refractivity contribution in [3.63, 3.8) is 0 Å². The lowest BCUT2D eigenvalue weighted by Gasteiger charge is -2.16. The molecule has 1 saturated carbocycles. The zero-order valence-electron chi connectivity index (χ0n) is 12.7. The highest BCUT2D eigenvalue weighted by Crippen LogP contribution is 2.48. The van der Waals surface area contributed by atoms with Crippen LogP contribution in [0.5, 0.6) is 0 Å². The van der Waals surface area contributed by atoms with Crippen molar-refractivity contribution in [2.24, 2.45) is 5.41 Å². The van der Waals surface area contributed by atoms with Crippen molar-refractivity contribution < 1.29 is 27.2 Å². The summed E-state index contributed by atoms with van der Waals surface area (Å²) in [5, 5.41) is 4.08.